The van der Waals surface area contributed by atoms with E-state index in [0.717, 1.165) is 25.3 Å². The molecule has 0 bridgehead atoms. The Morgan fingerprint density at radius 2 is 2.06 bits per heavy atom. The molecule has 2 fully saturated rings. The molecular formula is C13H23NO2S. The zero-order valence-electron chi connectivity index (χ0n) is 11.0. The van der Waals surface area contributed by atoms with Gasteiger partial charge in [-0.2, -0.15) is 11.8 Å². The van der Waals surface area contributed by atoms with E-state index in [2.05, 4.69) is 18.7 Å². The highest BCUT2D eigenvalue weighted by atomic mass is 32.2. The van der Waals surface area contributed by atoms with Crippen LogP contribution in [0.5, 0.6) is 0 Å². The summed E-state index contributed by atoms with van der Waals surface area (Å²) in [6, 6.07) is 0.544. The molecule has 2 unspecified atom stereocenters. The largest absolute Gasteiger partial charge is 0.481 e. The second kappa shape index (κ2) is 4.47. The zero-order chi connectivity index (χ0) is 12.7. The third-order valence-corrected chi connectivity index (χ3v) is 5.57. The van der Waals surface area contributed by atoms with Crippen LogP contribution in [0.3, 0.4) is 0 Å². The van der Waals surface area contributed by atoms with E-state index >= 15 is 0 Å². The number of hydrogen-bond donors (Lipinski definition) is 1. The van der Waals surface area contributed by atoms with Crippen LogP contribution in [-0.4, -0.2) is 46.6 Å². The van der Waals surface area contributed by atoms with Crippen LogP contribution in [0.25, 0.3) is 0 Å². The summed E-state index contributed by atoms with van der Waals surface area (Å²) < 4.78 is 0. The van der Waals surface area contributed by atoms with E-state index in [9.17, 15) is 9.90 Å². The Morgan fingerprint density at radius 3 is 2.59 bits per heavy atom. The van der Waals surface area contributed by atoms with Crippen LogP contribution < -0.4 is 0 Å². The van der Waals surface area contributed by atoms with Crippen LogP contribution in [0, 0.1) is 10.8 Å². The van der Waals surface area contributed by atoms with E-state index < -0.39 is 11.4 Å². The fraction of sp³-hybridized carbons (Fsp3) is 0.923. The van der Waals surface area contributed by atoms with Crippen LogP contribution in [-0.2, 0) is 4.79 Å². The monoisotopic (exact) mass is 257 g/mol. The molecule has 1 N–H and O–H groups in total. The van der Waals surface area contributed by atoms with Crippen molar-refractivity contribution in [2.45, 2.75) is 39.7 Å². The summed E-state index contributed by atoms with van der Waals surface area (Å²) in [5, 5.41) is 9.29. The molecule has 0 aromatic rings. The van der Waals surface area contributed by atoms with Gasteiger partial charge in [0, 0.05) is 18.3 Å². The summed E-state index contributed by atoms with van der Waals surface area (Å²) in [4.78, 5) is 13.7. The van der Waals surface area contributed by atoms with Gasteiger partial charge in [-0.1, -0.05) is 13.8 Å². The van der Waals surface area contributed by atoms with Gasteiger partial charge in [0.25, 0.3) is 0 Å². The van der Waals surface area contributed by atoms with Crippen molar-refractivity contribution in [2.24, 2.45) is 10.8 Å². The van der Waals surface area contributed by atoms with Gasteiger partial charge in [-0.25, -0.2) is 0 Å². The van der Waals surface area contributed by atoms with Gasteiger partial charge in [0.15, 0.2) is 0 Å². The Labute approximate surface area is 108 Å². The first-order chi connectivity index (χ1) is 7.85. The quantitative estimate of drug-likeness (QED) is 0.824. The summed E-state index contributed by atoms with van der Waals surface area (Å²) in [5.74, 6) is 1.76. The molecule has 2 aliphatic heterocycles. The predicted molar refractivity (Wildman–Crippen MR) is 71.4 cm³/mol. The molecule has 0 radical (unpaired) electrons. The van der Waals surface area contributed by atoms with Gasteiger partial charge in [0.05, 0.1) is 5.41 Å². The Hall–Kier alpha value is -0.220. The molecule has 0 saturated carbocycles. The molecule has 98 valence electrons. The number of carbonyl (C=O) groups is 1. The first-order valence-electron chi connectivity index (χ1n) is 6.40. The van der Waals surface area contributed by atoms with Gasteiger partial charge in [0.1, 0.15) is 0 Å². The molecule has 2 atom stereocenters. The number of thioether (sulfide) groups is 1. The average Bonchev–Trinajstić information content (AvgIpc) is 2.61. The predicted octanol–water partition coefficient (Wildman–Crippen LogP) is 2.31. The third-order valence-electron chi connectivity index (χ3n) is 4.53. The maximum atomic E-state index is 11.3. The number of likely N-dealkylation sites (tertiary alicyclic amines) is 1. The van der Waals surface area contributed by atoms with Crippen LogP contribution >= 0.6 is 11.8 Å². The van der Waals surface area contributed by atoms with Crippen molar-refractivity contribution >= 4 is 17.7 Å². The second-order valence-corrected chi connectivity index (χ2v) is 7.57. The molecule has 0 aromatic carbocycles. The maximum absolute atomic E-state index is 11.3. The summed E-state index contributed by atoms with van der Waals surface area (Å²) in [6.45, 7) is 8.20. The number of carboxylic acids is 1. The lowest BCUT2D eigenvalue weighted by atomic mass is 9.81. The van der Waals surface area contributed by atoms with E-state index in [1.54, 1.807) is 0 Å². The molecule has 2 saturated heterocycles. The van der Waals surface area contributed by atoms with Gasteiger partial charge in [-0.05, 0) is 37.5 Å². The number of rotatable bonds is 2. The van der Waals surface area contributed by atoms with Crippen LogP contribution in [0.15, 0.2) is 0 Å². The molecule has 0 amide bonds. The zero-order valence-corrected chi connectivity index (χ0v) is 11.8. The minimum Gasteiger partial charge on any atom is -0.481 e. The Bertz CT molecular complexity index is 319. The number of nitrogens with zero attached hydrogens (tertiary/aromatic N) is 1. The molecule has 2 rings (SSSR count). The van der Waals surface area contributed by atoms with Gasteiger partial charge in [-0.15, -0.1) is 0 Å². The van der Waals surface area contributed by atoms with Crippen molar-refractivity contribution in [3.05, 3.63) is 0 Å². The van der Waals surface area contributed by atoms with Crippen LogP contribution in [0.1, 0.15) is 33.6 Å². The van der Waals surface area contributed by atoms with E-state index in [1.807, 2.05) is 18.7 Å². The molecule has 0 aromatic heterocycles. The lowest BCUT2D eigenvalue weighted by Crippen LogP contribution is -2.49. The number of carboxylic acid groups (broad SMARTS) is 1. The van der Waals surface area contributed by atoms with Crippen molar-refractivity contribution in [3.63, 3.8) is 0 Å². The van der Waals surface area contributed by atoms with Gasteiger partial charge >= 0.3 is 5.97 Å². The van der Waals surface area contributed by atoms with Crippen LogP contribution in [0.2, 0.25) is 0 Å². The topological polar surface area (TPSA) is 40.5 Å². The van der Waals surface area contributed by atoms with Gasteiger partial charge < -0.3 is 5.11 Å². The molecular weight excluding hydrogens is 234 g/mol. The highest BCUT2D eigenvalue weighted by Gasteiger charge is 2.46. The fourth-order valence-electron chi connectivity index (χ4n) is 2.96. The van der Waals surface area contributed by atoms with E-state index in [0.29, 0.717) is 11.5 Å². The van der Waals surface area contributed by atoms with Crippen molar-refractivity contribution in [1.82, 2.24) is 4.90 Å². The third kappa shape index (κ3) is 2.48. The highest BCUT2D eigenvalue weighted by Crippen LogP contribution is 2.41. The van der Waals surface area contributed by atoms with Gasteiger partial charge in [-0.3, -0.25) is 9.69 Å². The SMILES string of the molecule is CC1(C(=O)O)CCN(C2CSCCC2(C)C)C1. The standard InChI is InChI=1S/C13H23NO2S/c1-12(2)5-7-17-8-10(12)14-6-4-13(3,9-14)11(15)16/h10H,4-9H2,1-3H3,(H,15,16). The first kappa shape index (κ1) is 13.2. The van der Waals surface area contributed by atoms with E-state index in [-0.39, 0.29) is 0 Å². The highest BCUT2D eigenvalue weighted by molar-refractivity contribution is 7.99. The van der Waals surface area contributed by atoms with E-state index in [1.165, 1.54) is 12.2 Å². The van der Waals surface area contributed by atoms with Crippen LogP contribution in [0.4, 0.5) is 0 Å². The molecule has 4 heteroatoms. The average molecular weight is 257 g/mol. The first-order valence-corrected chi connectivity index (χ1v) is 7.56. The Morgan fingerprint density at radius 1 is 1.35 bits per heavy atom. The molecule has 2 aliphatic rings. The Balaban J connectivity index is 2.07. The summed E-state index contributed by atoms with van der Waals surface area (Å²) in [7, 11) is 0. The Kier molecular flexibility index (Phi) is 3.47. The number of hydrogen-bond acceptors (Lipinski definition) is 3. The second-order valence-electron chi connectivity index (χ2n) is 6.42. The van der Waals surface area contributed by atoms with Crippen molar-refractivity contribution in [2.75, 3.05) is 24.6 Å². The number of aliphatic carboxylic acids is 1. The molecule has 0 aliphatic carbocycles. The molecule has 3 nitrogen and oxygen atoms in total. The summed E-state index contributed by atoms with van der Waals surface area (Å²) in [5.41, 5.74) is -0.201. The lowest BCUT2D eigenvalue weighted by molar-refractivity contribution is -0.147. The molecule has 0 spiro atoms. The normalized spacial score (nSPS) is 38.2. The van der Waals surface area contributed by atoms with Crippen molar-refractivity contribution in [1.29, 1.82) is 0 Å². The molecule has 17 heavy (non-hydrogen) atoms. The smallest absolute Gasteiger partial charge is 0.310 e. The summed E-state index contributed by atoms with van der Waals surface area (Å²) >= 11 is 2.01. The van der Waals surface area contributed by atoms with Crippen molar-refractivity contribution < 1.29 is 9.90 Å². The van der Waals surface area contributed by atoms with Gasteiger partial charge in [0.2, 0.25) is 0 Å². The fourth-order valence-corrected chi connectivity index (χ4v) is 4.68. The molecule has 2 heterocycles. The van der Waals surface area contributed by atoms with Crippen molar-refractivity contribution in [3.8, 4) is 0 Å². The lowest BCUT2D eigenvalue weighted by Gasteiger charge is -2.44. The van der Waals surface area contributed by atoms with E-state index in [4.69, 9.17) is 0 Å². The maximum Gasteiger partial charge on any atom is 0.310 e. The minimum absolute atomic E-state index is 0.328. The minimum atomic E-state index is -0.638. The summed E-state index contributed by atoms with van der Waals surface area (Å²) in [6.07, 6.45) is 2.03.